The molecule has 0 spiro atoms. The van der Waals surface area contributed by atoms with Crippen LogP contribution in [-0.4, -0.2) is 53.5 Å². The predicted octanol–water partition coefficient (Wildman–Crippen LogP) is 3.25. The molecule has 10 heteroatoms. The van der Waals surface area contributed by atoms with Crippen LogP contribution in [0, 0.1) is 5.82 Å². The summed E-state index contributed by atoms with van der Waals surface area (Å²) in [7, 11) is -3.35. The molecule has 1 fully saturated rings. The van der Waals surface area contributed by atoms with Crippen molar-refractivity contribution in [1.29, 1.82) is 0 Å². The van der Waals surface area contributed by atoms with Crippen molar-refractivity contribution in [2.75, 3.05) is 31.1 Å². The summed E-state index contributed by atoms with van der Waals surface area (Å²) in [6.45, 7) is 2.01. The maximum Gasteiger partial charge on any atom is 0.218 e. The summed E-state index contributed by atoms with van der Waals surface area (Å²) >= 11 is 1.46. The van der Waals surface area contributed by atoms with Crippen molar-refractivity contribution < 1.29 is 12.8 Å². The quantitative estimate of drug-likeness (QED) is 0.460. The number of nitrogens with zero attached hydrogens (tertiary/aromatic N) is 5. The van der Waals surface area contributed by atoms with E-state index in [4.69, 9.17) is 0 Å². The molecule has 7 nitrogen and oxygen atoms in total. The van der Waals surface area contributed by atoms with E-state index in [1.54, 1.807) is 21.0 Å². The van der Waals surface area contributed by atoms with Gasteiger partial charge in [0.1, 0.15) is 5.82 Å². The summed E-state index contributed by atoms with van der Waals surface area (Å²) in [5.74, 6) is -0.263. The molecule has 2 aromatic carbocycles. The molecule has 160 valence electrons. The van der Waals surface area contributed by atoms with Crippen molar-refractivity contribution in [3.05, 3.63) is 72.2 Å². The second kappa shape index (κ2) is 8.03. The maximum absolute atomic E-state index is 13.1. The lowest BCUT2D eigenvalue weighted by Crippen LogP contribution is -2.49. The fourth-order valence-electron chi connectivity index (χ4n) is 3.61. The van der Waals surface area contributed by atoms with Gasteiger partial charge in [-0.3, -0.25) is 0 Å². The van der Waals surface area contributed by atoms with Gasteiger partial charge in [0.15, 0.2) is 0 Å². The number of fused-ring (bicyclic) bond motifs is 1. The van der Waals surface area contributed by atoms with Gasteiger partial charge in [-0.15, -0.1) is 5.10 Å². The molecule has 2 aromatic heterocycles. The minimum atomic E-state index is -3.35. The van der Waals surface area contributed by atoms with Crippen molar-refractivity contribution in [2.45, 2.75) is 5.75 Å². The Balaban J connectivity index is 1.26. The smallest absolute Gasteiger partial charge is 0.218 e. The van der Waals surface area contributed by atoms with E-state index in [0.717, 1.165) is 26.9 Å². The average molecular weight is 458 g/mol. The monoisotopic (exact) mass is 457 g/mol. The third-order valence-corrected chi connectivity index (χ3v) is 8.10. The van der Waals surface area contributed by atoms with Crippen LogP contribution < -0.4 is 4.90 Å². The second-order valence-corrected chi connectivity index (χ2v) is 10.3. The highest BCUT2D eigenvalue weighted by Gasteiger charge is 2.28. The predicted molar refractivity (Wildman–Crippen MR) is 119 cm³/mol. The fourth-order valence-corrected chi connectivity index (χ4v) is 6.06. The van der Waals surface area contributed by atoms with Gasteiger partial charge in [-0.2, -0.15) is 4.31 Å². The van der Waals surface area contributed by atoms with E-state index in [1.165, 1.54) is 23.5 Å². The minimum absolute atomic E-state index is 0.0189. The summed E-state index contributed by atoms with van der Waals surface area (Å²) in [4.78, 5) is 7.43. The first-order chi connectivity index (χ1) is 15.0. The Hall–Kier alpha value is -2.82. The topological polar surface area (TPSA) is 70.8 Å². The summed E-state index contributed by atoms with van der Waals surface area (Å²) in [5, 5.41) is 5.42. The molecule has 31 heavy (non-hydrogen) atoms. The summed E-state index contributed by atoms with van der Waals surface area (Å²) < 4.78 is 41.9. The zero-order valence-corrected chi connectivity index (χ0v) is 18.2. The second-order valence-electron chi connectivity index (χ2n) is 7.37. The molecule has 0 unspecified atom stereocenters. The van der Waals surface area contributed by atoms with Crippen LogP contribution in [0.2, 0.25) is 0 Å². The minimum Gasteiger partial charge on any atom is -0.344 e. The van der Waals surface area contributed by atoms with Crippen molar-refractivity contribution in [2.24, 2.45) is 0 Å². The van der Waals surface area contributed by atoms with Gasteiger partial charge < -0.3 is 4.90 Å². The van der Waals surface area contributed by atoms with E-state index in [-0.39, 0.29) is 11.6 Å². The third kappa shape index (κ3) is 4.18. The van der Waals surface area contributed by atoms with Crippen molar-refractivity contribution in [1.82, 2.24) is 18.9 Å². The van der Waals surface area contributed by atoms with Gasteiger partial charge in [-0.25, -0.2) is 22.3 Å². The third-order valence-electron chi connectivity index (χ3n) is 5.27. The fraction of sp³-hybridized carbons (Fsp3) is 0.238. The number of aromatic nitrogens is 3. The van der Waals surface area contributed by atoms with Gasteiger partial charge in [-0.05, 0) is 29.8 Å². The first-order valence-corrected chi connectivity index (χ1v) is 12.3. The molecule has 5 rings (SSSR count). The van der Waals surface area contributed by atoms with Crippen molar-refractivity contribution in [3.63, 3.8) is 0 Å². The molecule has 0 saturated carbocycles. The van der Waals surface area contributed by atoms with E-state index in [2.05, 4.69) is 15.0 Å². The van der Waals surface area contributed by atoms with Gasteiger partial charge in [0, 0.05) is 31.7 Å². The van der Waals surface area contributed by atoms with Gasteiger partial charge in [0.2, 0.25) is 20.1 Å². The molecule has 3 heterocycles. The Morgan fingerprint density at radius 3 is 2.35 bits per heavy atom. The zero-order valence-electron chi connectivity index (χ0n) is 16.6. The highest BCUT2D eigenvalue weighted by molar-refractivity contribution is 7.88. The van der Waals surface area contributed by atoms with Gasteiger partial charge in [-0.1, -0.05) is 41.7 Å². The molecule has 1 aliphatic rings. The summed E-state index contributed by atoms with van der Waals surface area (Å²) in [5.41, 5.74) is 2.36. The summed E-state index contributed by atoms with van der Waals surface area (Å²) in [6, 6.07) is 15.4. The molecule has 0 amide bonds. The van der Waals surface area contributed by atoms with Crippen LogP contribution in [0.15, 0.2) is 60.8 Å². The molecule has 4 aromatic rings. The Bertz CT molecular complexity index is 1260. The van der Waals surface area contributed by atoms with E-state index in [0.29, 0.717) is 26.2 Å². The lowest BCUT2D eigenvalue weighted by molar-refractivity contribution is 0.384. The van der Waals surface area contributed by atoms with Crippen LogP contribution in [-0.2, 0) is 15.8 Å². The lowest BCUT2D eigenvalue weighted by Gasteiger charge is -2.33. The highest BCUT2D eigenvalue weighted by Crippen LogP contribution is 2.28. The number of hydrogen-bond donors (Lipinski definition) is 0. The Morgan fingerprint density at radius 2 is 1.68 bits per heavy atom. The Kier molecular flexibility index (Phi) is 5.20. The van der Waals surface area contributed by atoms with E-state index in [9.17, 15) is 12.8 Å². The first kappa shape index (κ1) is 20.1. The van der Waals surface area contributed by atoms with Crippen molar-refractivity contribution >= 4 is 31.5 Å². The Labute approximate surface area is 183 Å². The van der Waals surface area contributed by atoms with Crippen LogP contribution in [0.4, 0.5) is 9.52 Å². The molecule has 0 radical (unpaired) electrons. The van der Waals surface area contributed by atoms with E-state index in [1.807, 2.05) is 36.5 Å². The lowest BCUT2D eigenvalue weighted by atomic mass is 10.2. The molecular formula is C21H20FN5O2S2. The van der Waals surface area contributed by atoms with Gasteiger partial charge in [0.05, 0.1) is 17.6 Å². The first-order valence-electron chi connectivity index (χ1n) is 9.87. The maximum atomic E-state index is 13.1. The molecule has 1 saturated heterocycles. The number of hydrogen-bond acceptors (Lipinski definition) is 6. The van der Waals surface area contributed by atoms with E-state index >= 15 is 0 Å². The largest absolute Gasteiger partial charge is 0.344 e. The number of piperazine rings is 1. The Morgan fingerprint density at radius 1 is 0.968 bits per heavy atom. The number of sulfonamides is 1. The molecule has 0 N–H and O–H groups in total. The number of rotatable bonds is 5. The molecular weight excluding hydrogens is 437 g/mol. The van der Waals surface area contributed by atoms with Crippen molar-refractivity contribution in [3.8, 4) is 11.3 Å². The number of halogens is 1. The van der Waals surface area contributed by atoms with Crippen LogP contribution >= 0.6 is 11.3 Å². The van der Waals surface area contributed by atoms with E-state index < -0.39 is 10.0 Å². The normalized spacial score (nSPS) is 15.6. The number of imidazole rings is 1. The van der Waals surface area contributed by atoms with Crippen LogP contribution in [0.1, 0.15) is 5.56 Å². The number of benzene rings is 2. The van der Waals surface area contributed by atoms with Crippen LogP contribution in [0.5, 0.6) is 0 Å². The standard InChI is InChI=1S/C21H20FN5O2S2/c22-18-8-6-17(7-9-18)19-14-27-20(23-19)30-21(24-27)25-10-12-26(13-11-25)31(28,29)15-16-4-2-1-3-5-16/h1-9,14H,10-13,15H2. The molecule has 0 atom stereocenters. The SMILES string of the molecule is O=S(=O)(Cc1ccccc1)N1CCN(c2nn3cc(-c4ccc(F)cc4)nc3s2)CC1. The molecule has 1 aliphatic heterocycles. The molecule has 0 bridgehead atoms. The number of anilines is 1. The van der Waals surface area contributed by atoms with Gasteiger partial charge >= 0.3 is 0 Å². The zero-order chi connectivity index (χ0) is 21.4. The van der Waals surface area contributed by atoms with Gasteiger partial charge in [0.25, 0.3) is 0 Å². The van der Waals surface area contributed by atoms with Crippen LogP contribution in [0.25, 0.3) is 16.2 Å². The summed E-state index contributed by atoms with van der Waals surface area (Å²) in [6.07, 6.45) is 1.82. The van der Waals surface area contributed by atoms with Crippen LogP contribution in [0.3, 0.4) is 0 Å². The molecule has 0 aliphatic carbocycles. The average Bonchev–Trinajstić information content (AvgIpc) is 3.34. The highest BCUT2D eigenvalue weighted by atomic mass is 32.2.